The second kappa shape index (κ2) is 9.36. The fourth-order valence-corrected chi connectivity index (χ4v) is 2.85. The maximum Gasteiger partial charge on any atom is 0.172 e. The van der Waals surface area contributed by atoms with Crippen molar-refractivity contribution in [2.24, 2.45) is 16.0 Å². The number of rotatable bonds is 6. The molecule has 1 aromatic rings. The molecule has 0 spiro atoms. The number of aliphatic hydroxyl groups is 1. The van der Waals surface area contributed by atoms with Gasteiger partial charge in [-0.15, -0.1) is 5.10 Å². The Morgan fingerprint density at radius 1 is 1.34 bits per heavy atom. The molecule has 0 bridgehead atoms. The second-order valence-corrected chi connectivity index (χ2v) is 8.49. The van der Waals surface area contributed by atoms with E-state index in [1.54, 1.807) is 6.21 Å². The minimum absolute atomic E-state index is 0.279. The average molecular weight is 406 g/mol. The minimum atomic E-state index is -0.385. The molecule has 2 rings (SSSR count). The van der Waals surface area contributed by atoms with Gasteiger partial charge >= 0.3 is 0 Å². The van der Waals surface area contributed by atoms with Gasteiger partial charge in [0.1, 0.15) is 17.3 Å². The maximum atomic E-state index is 9.95. The molecule has 1 aliphatic rings. The lowest BCUT2D eigenvalue weighted by atomic mass is 9.95. The largest absolute Gasteiger partial charge is 0.393 e. The lowest BCUT2D eigenvalue weighted by molar-refractivity contribution is 0.198. The summed E-state index contributed by atoms with van der Waals surface area (Å²) in [6.07, 6.45) is 2.83. The van der Waals surface area contributed by atoms with Gasteiger partial charge in [0.05, 0.1) is 12.6 Å². The Morgan fingerprint density at radius 2 is 2.03 bits per heavy atom. The van der Waals surface area contributed by atoms with Crippen molar-refractivity contribution in [3.05, 3.63) is 5.82 Å². The SMILES string of the molecule is CC/C=N\N=C(\CN(N)c1nc(C(C)(C)C)nc(N2CCC(O)C2)c1N)N(C)C. The number of nitrogen functional groups attached to an aromatic ring is 1. The van der Waals surface area contributed by atoms with Gasteiger partial charge in [0, 0.05) is 38.8 Å². The van der Waals surface area contributed by atoms with Gasteiger partial charge in [-0.2, -0.15) is 5.10 Å². The van der Waals surface area contributed by atoms with E-state index in [1.807, 2.05) is 51.6 Å². The number of hydrogen-bond acceptors (Lipinski definition) is 9. The molecule has 1 unspecified atom stereocenters. The van der Waals surface area contributed by atoms with Crippen molar-refractivity contribution in [2.75, 3.05) is 49.4 Å². The third-order valence-electron chi connectivity index (χ3n) is 4.58. The monoisotopic (exact) mass is 405 g/mol. The van der Waals surface area contributed by atoms with E-state index in [4.69, 9.17) is 16.6 Å². The van der Waals surface area contributed by atoms with Crippen LogP contribution in [-0.4, -0.2) is 71.9 Å². The molecule has 29 heavy (non-hydrogen) atoms. The number of hydrogen-bond donors (Lipinski definition) is 3. The number of amidine groups is 1. The molecule has 10 nitrogen and oxygen atoms in total. The van der Waals surface area contributed by atoms with Crippen molar-refractivity contribution in [3.8, 4) is 0 Å². The summed E-state index contributed by atoms with van der Waals surface area (Å²) in [5, 5.41) is 19.7. The predicted octanol–water partition coefficient (Wildman–Crippen LogP) is 0.963. The van der Waals surface area contributed by atoms with Crippen LogP contribution in [0.5, 0.6) is 0 Å². The summed E-state index contributed by atoms with van der Waals surface area (Å²) in [5.41, 5.74) is 6.54. The molecular weight excluding hydrogens is 370 g/mol. The number of nitrogens with two attached hydrogens (primary N) is 2. The summed E-state index contributed by atoms with van der Waals surface area (Å²) in [7, 11) is 3.77. The summed E-state index contributed by atoms with van der Waals surface area (Å²) in [4.78, 5) is 13.2. The zero-order chi connectivity index (χ0) is 21.8. The van der Waals surface area contributed by atoms with Crippen molar-refractivity contribution in [1.29, 1.82) is 0 Å². The van der Waals surface area contributed by atoms with Crippen molar-refractivity contribution in [3.63, 3.8) is 0 Å². The summed E-state index contributed by atoms with van der Waals surface area (Å²) in [5.74, 6) is 8.74. The van der Waals surface area contributed by atoms with Gasteiger partial charge in [0.25, 0.3) is 0 Å². The number of hydrazine groups is 1. The number of aliphatic hydroxyl groups excluding tert-OH is 1. The Balaban J connectivity index is 2.44. The Bertz CT molecular complexity index is 755. The molecule has 1 aromatic heterocycles. The van der Waals surface area contributed by atoms with Crippen molar-refractivity contribution < 1.29 is 5.11 Å². The molecule has 1 aliphatic heterocycles. The molecule has 0 aliphatic carbocycles. The lowest BCUT2D eigenvalue weighted by Gasteiger charge is -2.28. The van der Waals surface area contributed by atoms with Crippen LogP contribution < -0.4 is 21.5 Å². The molecule has 1 fully saturated rings. The first-order chi connectivity index (χ1) is 13.5. The maximum absolute atomic E-state index is 9.95. The van der Waals surface area contributed by atoms with Crippen LogP contribution in [0.2, 0.25) is 0 Å². The van der Waals surface area contributed by atoms with Gasteiger partial charge in [0.2, 0.25) is 0 Å². The Kier molecular flexibility index (Phi) is 7.37. The fraction of sp³-hybridized carbons (Fsp3) is 0.684. The molecule has 162 valence electrons. The van der Waals surface area contributed by atoms with Crippen LogP contribution in [0.1, 0.15) is 46.4 Å². The summed E-state index contributed by atoms with van der Waals surface area (Å²) < 4.78 is 0. The third kappa shape index (κ3) is 5.77. The number of β-amino-alcohol motifs (C(OH)–C–C–N with tert-alkyl or cyclic N) is 1. The van der Waals surface area contributed by atoms with Crippen LogP contribution in [0, 0.1) is 0 Å². The molecule has 0 radical (unpaired) electrons. The van der Waals surface area contributed by atoms with E-state index in [1.165, 1.54) is 5.01 Å². The Morgan fingerprint density at radius 3 is 2.55 bits per heavy atom. The first-order valence-electron chi connectivity index (χ1n) is 9.93. The van der Waals surface area contributed by atoms with Crippen LogP contribution in [0.15, 0.2) is 10.2 Å². The number of anilines is 3. The van der Waals surface area contributed by atoms with E-state index in [2.05, 4.69) is 15.2 Å². The highest BCUT2D eigenvalue weighted by atomic mass is 16.3. The minimum Gasteiger partial charge on any atom is -0.393 e. The summed E-state index contributed by atoms with van der Waals surface area (Å²) in [6.45, 7) is 9.57. The molecule has 5 N–H and O–H groups in total. The Labute approximate surface area is 173 Å². The van der Waals surface area contributed by atoms with Crippen LogP contribution in [0.25, 0.3) is 0 Å². The highest BCUT2D eigenvalue weighted by Crippen LogP contribution is 2.34. The lowest BCUT2D eigenvalue weighted by Crippen LogP contribution is -2.42. The van der Waals surface area contributed by atoms with E-state index in [0.29, 0.717) is 48.5 Å². The molecule has 1 saturated heterocycles. The molecular formula is C19H35N9O. The summed E-state index contributed by atoms with van der Waals surface area (Å²) in [6, 6.07) is 0. The molecule has 0 amide bonds. The van der Waals surface area contributed by atoms with E-state index in [9.17, 15) is 5.11 Å². The van der Waals surface area contributed by atoms with Gasteiger partial charge in [0.15, 0.2) is 11.6 Å². The van der Waals surface area contributed by atoms with Crippen LogP contribution >= 0.6 is 0 Å². The van der Waals surface area contributed by atoms with E-state index in [0.717, 1.165) is 6.42 Å². The van der Waals surface area contributed by atoms with E-state index >= 15 is 0 Å². The smallest absolute Gasteiger partial charge is 0.172 e. The second-order valence-electron chi connectivity index (χ2n) is 8.49. The van der Waals surface area contributed by atoms with Gasteiger partial charge < -0.3 is 20.6 Å². The highest BCUT2D eigenvalue weighted by molar-refractivity contribution is 5.88. The van der Waals surface area contributed by atoms with Crippen LogP contribution in [0.3, 0.4) is 0 Å². The van der Waals surface area contributed by atoms with Crippen LogP contribution in [-0.2, 0) is 5.41 Å². The first kappa shape index (κ1) is 22.8. The molecule has 1 atom stereocenters. The van der Waals surface area contributed by atoms with Crippen molar-refractivity contribution in [1.82, 2.24) is 14.9 Å². The molecule has 2 heterocycles. The zero-order valence-corrected chi connectivity index (χ0v) is 18.4. The quantitative estimate of drug-likeness (QED) is 0.276. The van der Waals surface area contributed by atoms with Crippen LogP contribution in [0.4, 0.5) is 17.3 Å². The molecule has 10 heteroatoms. The standard InChI is InChI=1S/C19H35N9O/c1-7-9-22-25-14(26(5)6)12-28(21)17-15(20)16(27-10-8-13(29)11-27)23-18(24-17)19(2,3)4/h9,13,29H,7-8,10-12,20-21H2,1-6H3/b22-9-,25-14-. The van der Waals surface area contributed by atoms with Gasteiger partial charge in [-0.25, -0.2) is 15.8 Å². The fourth-order valence-electron chi connectivity index (χ4n) is 2.85. The van der Waals surface area contributed by atoms with E-state index in [-0.39, 0.29) is 18.1 Å². The molecule has 0 saturated carbocycles. The average Bonchev–Trinajstić information content (AvgIpc) is 3.06. The van der Waals surface area contributed by atoms with Crippen molar-refractivity contribution in [2.45, 2.75) is 52.1 Å². The third-order valence-corrected chi connectivity index (χ3v) is 4.58. The molecule has 0 aromatic carbocycles. The van der Waals surface area contributed by atoms with Gasteiger partial charge in [-0.1, -0.05) is 27.7 Å². The number of nitrogens with zero attached hydrogens (tertiary/aromatic N) is 7. The van der Waals surface area contributed by atoms with Crippen molar-refractivity contribution >= 4 is 29.4 Å². The topological polar surface area (TPSA) is 132 Å². The van der Waals surface area contributed by atoms with Gasteiger partial charge in [-0.05, 0) is 12.8 Å². The number of likely N-dealkylation sites (N-methyl/N-ethyl adjacent to an activating group) is 1. The summed E-state index contributed by atoms with van der Waals surface area (Å²) >= 11 is 0. The number of aromatic nitrogens is 2. The first-order valence-corrected chi connectivity index (χ1v) is 9.93. The zero-order valence-electron chi connectivity index (χ0n) is 18.4. The normalized spacial score (nSPS) is 18.0. The highest BCUT2D eigenvalue weighted by Gasteiger charge is 2.29. The van der Waals surface area contributed by atoms with E-state index < -0.39 is 0 Å². The van der Waals surface area contributed by atoms with Gasteiger partial charge in [-0.3, -0.25) is 5.01 Å². The Hall–Kier alpha value is -2.46. The predicted molar refractivity (Wildman–Crippen MR) is 119 cm³/mol.